The van der Waals surface area contributed by atoms with E-state index in [1.807, 2.05) is 0 Å². The molecule has 0 atom stereocenters. The Balaban J connectivity index is -0.00000000500. The molecule has 22 valence electrons. The Morgan fingerprint density at radius 2 is 1.25 bits per heavy atom. The molecule has 0 saturated carbocycles. The van der Waals surface area contributed by atoms with Gasteiger partial charge >= 0.3 is 0 Å². The monoisotopic (exact) mass is 61.0 g/mol. The van der Waals surface area contributed by atoms with Gasteiger partial charge in [-0.3, -0.25) is 0 Å². The maximum Gasteiger partial charge on any atom is 0.232 e. The molecular weight excluding hydrogens is 61.0 g/mol. The van der Waals surface area contributed by atoms with Crippen molar-refractivity contribution in [2.45, 2.75) is 0 Å². The standard InChI is InChI=1S/CF.N.O/c1-2;;. The first-order chi connectivity index (χ1) is 1.00. The average Bonchev–Trinajstić information content (AvgIpc) is 1.00. The number of hydrogen-bond acceptors (Lipinski definition) is 0. The van der Waals surface area contributed by atoms with Gasteiger partial charge in [-0.15, -0.1) is 0 Å². The van der Waals surface area contributed by atoms with Gasteiger partial charge in [-0.1, -0.05) is 0 Å². The normalized spacial score (nSPS) is 1.50. The van der Waals surface area contributed by atoms with Gasteiger partial charge in [0.25, 0.3) is 0 Å². The van der Waals surface area contributed by atoms with Crippen LogP contribution in [0.25, 0.3) is 0 Å². The molecule has 0 aromatic heterocycles. The Morgan fingerprint density at radius 1 is 1.25 bits per heavy atom. The Morgan fingerprint density at radius 3 is 1.25 bits per heavy atom. The summed E-state index contributed by atoms with van der Waals surface area (Å²) < 4.78 is 8.75. The number of halogens is 1. The van der Waals surface area contributed by atoms with Crippen molar-refractivity contribution in [2.75, 3.05) is 0 Å². The van der Waals surface area contributed by atoms with E-state index in [4.69, 9.17) is 4.39 Å². The molecule has 2 nitrogen and oxygen atoms in total. The van der Waals surface area contributed by atoms with Crippen LogP contribution in [0.15, 0.2) is 0 Å². The first-order valence-electron chi connectivity index (χ1n) is 0.189. The van der Waals surface area contributed by atoms with E-state index in [0.717, 1.165) is 0 Å². The van der Waals surface area contributed by atoms with Gasteiger partial charge in [0.2, 0.25) is 7.18 Å². The molecule has 0 rings (SSSR count). The Bertz CT molecular complexity index is 8.00. The molecule has 0 heterocycles. The van der Waals surface area contributed by atoms with Crippen LogP contribution in [0.3, 0.4) is 0 Å². The summed E-state index contributed by atoms with van der Waals surface area (Å²) in [6.45, 7) is 0. The summed E-state index contributed by atoms with van der Waals surface area (Å²) in [4.78, 5) is 0. The minimum absolute atomic E-state index is 0. The number of hydrogen-bond donors (Lipinski definition) is 0. The largest absolute Gasteiger partial charge is 0.232 e. The first kappa shape index (κ1) is 43.3. The van der Waals surface area contributed by atoms with Crippen LogP contribution in [0.4, 0.5) is 4.39 Å². The Labute approximate surface area is 24.5 Å². The zero-order valence-corrected chi connectivity index (χ0v) is 1.73. The van der Waals surface area contributed by atoms with E-state index in [2.05, 4.69) is 7.18 Å². The highest BCUT2D eigenvalue weighted by atomic mass is 19.1. The number of rotatable bonds is 0. The van der Waals surface area contributed by atoms with E-state index in [-0.39, 0.29) is 11.6 Å². The zero-order chi connectivity index (χ0) is 2.00. The third kappa shape index (κ3) is 59.4. The molecule has 0 aliphatic rings. The van der Waals surface area contributed by atoms with E-state index in [1.165, 1.54) is 0 Å². The lowest BCUT2D eigenvalue weighted by molar-refractivity contribution is 0.686. The molecule has 0 aliphatic carbocycles. The van der Waals surface area contributed by atoms with Crippen LogP contribution in [0.1, 0.15) is 0 Å². The fourth-order valence-corrected chi connectivity index (χ4v) is 0. The van der Waals surface area contributed by atoms with Crippen molar-refractivity contribution in [3.63, 3.8) is 0 Å². The van der Waals surface area contributed by atoms with Gasteiger partial charge in [-0.25, -0.2) is 4.39 Å². The van der Waals surface area contributed by atoms with Crippen LogP contribution in [0, 0.1) is 7.18 Å². The molecule has 0 aliphatic heterocycles. The van der Waals surface area contributed by atoms with Crippen molar-refractivity contribution in [3.05, 3.63) is 7.18 Å². The third-order valence-corrected chi connectivity index (χ3v) is 0. The highest BCUT2D eigenvalue weighted by molar-refractivity contribution is 3.64. The summed E-state index contributed by atoms with van der Waals surface area (Å²) in [5, 5.41) is 0. The van der Waals surface area contributed by atoms with Gasteiger partial charge in [0.05, 0.1) is 0 Å². The summed E-state index contributed by atoms with van der Waals surface area (Å²) in [5.41, 5.74) is 0. The lowest BCUT2D eigenvalue weighted by Gasteiger charge is -1.03. The van der Waals surface area contributed by atoms with Crippen molar-refractivity contribution < 1.29 is 9.87 Å². The summed E-state index contributed by atoms with van der Waals surface area (Å²) in [6.07, 6.45) is 0. The molecule has 0 unspecified atom stereocenters. The fraction of sp³-hybridized carbons (Fsp3) is 0. The first-order valence-corrected chi connectivity index (χ1v) is 0.189. The molecule has 0 spiro atoms. The molecular formula is CFNO. The highest BCUT2D eigenvalue weighted by Crippen LogP contribution is 1.27. The molecule has 4 heavy (non-hydrogen) atoms. The fourth-order valence-electron chi connectivity index (χ4n) is 0. The Hall–Kier alpha value is -0.150. The van der Waals surface area contributed by atoms with Gasteiger partial charge in [-0.05, 0) is 0 Å². The van der Waals surface area contributed by atoms with Gasteiger partial charge < -0.3 is 0 Å². The molecule has 0 N–H and O–H groups in total. The van der Waals surface area contributed by atoms with E-state index in [1.54, 1.807) is 0 Å². The van der Waals surface area contributed by atoms with Crippen molar-refractivity contribution >= 4 is 0 Å². The predicted octanol–water partition coefficient (Wildman–Crippen LogP) is -0.0979. The van der Waals surface area contributed by atoms with E-state index in [0.29, 0.717) is 0 Å². The van der Waals surface area contributed by atoms with E-state index < -0.39 is 0 Å². The zero-order valence-electron chi connectivity index (χ0n) is 1.73. The summed E-state index contributed by atoms with van der Waals surface area (Å²) in [6, 6.07) is 0. The molecule has 0 aromatic carbocycles. The average molecular weight is 61.0 g/mol. The highest BCUT2D eigenvalue weighted by Gasteiger charge is 1.03. The second kappa shape index (κ2) is 434. The topological polar surface area (TPSA) is 59.0 Å². The van der Waals surface area contributed by atoms with Crippen LogP contribution in [-0.4, -0.2) is 0 Å². The molecule has 0 fully saturated rings. The van der Waals surface area contributed by atoms with E-state index >= 15 is 0 Å². The quantitative estimate of drug-likeness (QED) is 0.375. The van der Waals surface area contributed by atoms with Gasteiger partial charge in [-0.2, -0.15) is 0 Å². The lowest BCUT2D eigenvalue weighted by atomic mass is 11.9. The van der Waals surface area contributed by atoms with Crippen LogP contribution >= 0.6 is 0 Å². The minimum Gasteiger partial charge on any atom is -0.232 e. The Kier molecular flexibility index (Phi) is 4690. The smallest absolute Gasteiger partial charge is 0.232 e. The molecule has 0 amide bonds. The van der Waals surface area contributed by atoms with Crippen LogP contribution in [-0.2, 0) is 5.48 Å². The van der Waals surface area contributed by atoms with Crippen molar-refractivity contribution in [3.8, 4) is 0 Å². The van der Waals surface area contributed by atoms with Crippen molar-refractivity contribution in [2.24, 2.45) is 0 Å². The molecule has 8 radical (unpaired) electrons. The lowest BCUT2D eigenvalue weighted by Crippen LogP contribution is -0.764. The summed E-state index contributed by atoms with van der Waals surface area (Å²) in [7, 11) is 4.25. The van der Waals surface area contributed by atoms with Crippen LogP contribution in [0.5, 0.6) is 0 Å². The minimum atomic E-state index is 0. The van der Waals surface area contributed by atoms with Crippen LogP contribution in [0.2, 0.25) is 0 Å². The van der Waals surface area contributed by atoms with Gasteiger partial charge in [0.15, 0.2) is 0 Å². The second-order valence-electron chi connectivity index (χ2n) is 0. The molecule has 3 heteroatoms. The maximum atomic E-state index is 8.75. The van der Waals surface area contributed by atoms with Gasteiger partial charge in [0.1, 0.15) is 0 Å². The summed E-state index contributed by atoms with van der Waals surface area (Å²) >= 11 is 0. The van der Waals surface area contributed by atoms with Gasteiger partial charge in [0, 0.05) is 11.6 Å². The molecule has 0 aromatic rings. The SMILES string of the molecule is [C]F.[N].[O]. The van der Waals surface area contributed by atoms with Crippen molar-refractivity contribution in [1.29, 1.82) is 0 Å². The maximum absolute atomic E-state index is 8.75. The second-order valence-corrected chi connectivity index (χ2v) is 0. The van der Waals surface area contributed by atoms with Crippen LogP contribution < -0.4 is 6.15 Å². The number of nitrogens with zero attached hydrogens (tertiary/aromatic N) is 1. The van der Waals surface area contributed by atoms with E-state index in [9.17, 15) is 0 Å². The molecule has 0 bridgehead atoms. The third-order valence-electron chi connectivity index (χ3n) is 0. The molecule has 0 saturated heterocycles. The summed E-state index contributed by atoms with van der Waals surface area (Å²) in [5.74, 6) is 0. The van der Waals surface area contributed by atoms with Crippen molar-refractivity contribution in [1.82, 2.24) is 6.15 Å². The predicted molar refractivity (Wildman–Crippen MR) is 7.17 cm³/mol.